The maximum Gasteiger partial charge on any atom is 0.317 e. The van der Waals surface area contributed by atoms with Crippen LogP contribution in [0.15, 0.2) is 0 Å². The SMILES string of the molecule is CC(C)(C)CNC(=O)N1CCC[C@H](c2nnc3n2CCC3)C1. The third-order valence-electron chi connectivity index (χ3n) is 4.48. The van der Waals surface area contributed by atoms with E-state index < -0.39 is 0 Å². The van der Waals surface area contributed by atoms with Crippen molar-refractivity contribution in [2.24, 2.45) is 5.41 Å². The van der Waals surface area contributed by atoms with E-state index in [0.717, 1.165) is 50.5 Å². The van der Waals surface area contributed by atoms with Crippen LogP contribution in [0.1, 0.15) is 57.6 Å². The Morgan fingerprint density at radius 3 is 2.86 bits per heavy atom. The van der Waals surface area contributed by atoms with Gasteiger partial charge >= 0.3 is 6.03 Å². The molecule has 122 valence electrons. The molecule has 0 bridgehead atoms. The van der Waals surface area contributed by atoms with E-state index in [4.69, 9.17) is 0 Å². The van der Waals surface area contributed by atoms with E-state index in [9.17, 15) is 4.79 Å². The van der Waals surface area contributed by atoms with Gasteiger partial charge in [0.15, 0.2) is 0 Å². The standard InChI is InChI=1S/C16H27N5O/c1-16(2,3)11-17-15(22)20-8-4-6-12(10-20)14-19-18-13-7-5-9-21(13)14/h12H,4-11H2,1-3H3,(H,17,22)/t12-/m0/s1. The lowest BCUT2D eigenvalue weighted by atomic mass is 9.96. The number of amides is 2. The molecule has 0 saturated carbocycles. The number of nitrogens with zero attached hydrogens (tertiary/aromatic N) is 4. The molecule has 0 spiro atoms. The number of urea groups is 1. The molecule has 1 atom stereocenters. The molecule has 0 aromatic carbocycles. The Hall–Kier alpha value is -1.59. The molecule has 2 amide bonds. The van der Waals surface area contributed by atoms with Crippen LogP contribution in [0.25, 0.3) is 0 Å². The van der Waals surface area contributed by atoms with Crippen molar-refractivity contribution in [2.75, 3.05) is 19.6 Å². The monoisotopic (exact) mass is 305 g/mol. The van der Waals surface area contributed by atoms with Crippen molar-refractivity contribution < 1.29 is 4.79 Å². The van der Waals surface area contributed by atoms with Gasteiger partial charge in [0.05, 0.1) is 0 Å². The molecular formula is C16H27N5O. The molecule has 3 heterocycles. The topological polar surface area (TPSA) is 63.1 Å². The molecule has 3 rings (SSSR count). The summed E-state index contributed by atoms with van der Waals surface area (Å²) in [7, 11) is 0. The smallest absolute Gasteiger partial charge is 0.317 e. The summed E-state index contributed by atoms with van der Waals surface area (Å²) >= 11 is 0. The summed E-state index contributed by atoms with van der Waals surface area (Å²) in [5, 5.41) is 11.8. The molecule has 0 radical (unpaired) electrons. The summed E-state index contributed by atoms with van der Waals surface area (Å²) in [4.78, 5) is 14.3. The highest BCUT2D eigenvalue weighted by molar-refractivity contribution is 5.74. The first-order valence-corrected chi connectivity index (χ1v) is 8.39. The number of piperidine rings is 1. The summed E-state index contributed by atoms with van der Waals surface area (Å²) in [6.45, 7) is 9.72. The van der Waals surface area contributed by atoms with E-state index in [-0.39, 0.29) is 11.4 Å². The van der Waals surface area contributed by atoms with Gasteiger partial charge in [-0.05, 0) is 24.7 Å². The molecule has 6 nitrogen and oxygen atoms in total. The molecule has 22 heavy (non-hydrogen) atoms. The second-order valence-corrected chi connectivity index (χ2v) is 7.73. The Kier molecular flexibility index (Phi) is 4.10. The average molecular weight is 305 g/mol. The number of carbonyl (C=O) groups is 1. The third kappa shape index (κ3) is 3.25. The lowest BCUT2D eigenvalue weighted by molar-refractivity contribution is 0.173. The fraction of sp³-hybridized carbons (Fsp3) is 0.812. The Morgan fingerprint density at radius 1 is 1.27 bits per heavy atom. The average Bonchev–Trinajstić information content (AvgIpc) is 3.06. The molecule has 6 heteroatoms. The van der Waals surface area contributed by atoms with Crippen LogP contribution in [0.3, 0.4) is 0 Å². The van der Waals surface area contributed by atoms with Gasteiger partial charge in [0.25, 0.3) is 0 Å². The molecular weight excluding hydrogens is 278 g/mol. The van der Waals surface area contributed by atoms with Crippen molar-refractivity contribution in [3.05, 3.63) is 11.6 Å². The Bertz CT molecular complexity index is 545. The number of rotatable bonds is 2. The van der Waals surface area contributed by atoms with Crippen LogP contribution < -0.4 is 5.32 Å². The summed E-state index contributed by atoms with van der Waals surface area (Å²) in [5.74, 6) is 2.53. The van der Waals surface area contributed by atoms with E-state index in [1.165, 1.54) is 6.42 Å². The van der Waals surface area contributed by atoms with Gasteiger partial charge in [-0.2, -0.15) is 0 Å². The van der Waals surface area contributed by atoms with Crippen molar-refractivity contribution in [1.29, 1.82) is 0 Å². The molecule has 1 aromatic heterocycles. The first-order valence-electron chi connectivity index (χ1n) is 8.39. The summed E-state index contributed by atoms with van der Waals surface area (Å²) < 4.78 is 2.27. The first kappa shape index (κ1) is 15.3. The minimum atomic E-state index is 0.0563. The van der Waals surface area contributed by atoms with Crippen LogP contribution in [-0.4, -0.2) is 45.3 Å². The van der Waals surface area contributed by atoms with Gasteiger partial charge in [-0.15, -0.1) is 10.2 Å². The van der Waals surface area contributed by atoms with Crippen molar-refractivity contribution in [2.45, 2.75) is 58.9 Å². The number of likely N-dealkylation sites (tertiary alicyclic amines) is 1. The number of nitrogens with one attached hydrogen (secondary N) is 1. The highest BCUT2D eigenvalue weighted by Gasteiger charge is 2.30. The predicted octanol–water partition coefficient (Wildman–Crippen LogP) is 2.16. The Balaban J connectivity index is 1.63. The van der Waals surface area contributed by atoms with Crippen molar-refractivity contribution in [3.8, 4) is 0 Å². The number of fused-ring (bicyclic) bond motifs is 1. The molecule has 1 fully saturated rings. The van der Waals surface area contributed by atoms with Gasteiger partial charge in [0, 0.05) is 38.5 Å². The van der Waals surface area contributed by atoms with E-state index in [1.807, 2.05) is 4.90 Å². The molecule has 2 aliphatic heterocycles. The number of carbonyl (C=O) groups excluding carboxylic acids is 1. The Labute approximate surface area is 132 Å². The zero-order valence-corrected chi connectivity index (χ0v) is 13.9. The number of aromatic nitrogens is 3. The van der Waals surface area contributed by atoms with Crippen LogP contribution in [0.5, 0.6) is 0 Å². The third-order valence-corrected chi connectivity index (χ3v) is 4.48. The highest BCUT2D eigenvalue weighted by atomic mass is 16.2. The maximum absolute atomic E-state index is 12.4. The normalized spacial score (nSPS) is 21.8. The van der Waals surface area contributed by atoms with Gasteiger partial charge in [0.1, 0.15) is 11.6 Å². The van der Waals surface area contributed by atoms with Gasteiger partial charge in [-0.1, -0.05) is 20.8 Å². The van der Waals surface area contributed by atoms with Crippen LogP contribution in [-0.2, 0) is 13.0 Å². The minimum Gasteiger partial charge on any atom is -0.337 e. The zero-order chi connectivity index (χ0) is 15.7. The van der Waals surface area contributed by atoms with Crippen LogP contribution in [0, 0.1) is 5.41 Å². The molecule has 0 aliphatic carbocycles. The molecule has 1 saturated heterocycles. The lowest BCUT2D eigenvalue weighted by Crippen LogP contribution is -2.47. The van der Waals surface area contributed by atoms with Crippen LogP contribution in [0.4, 0.5) is 4.79 Å². The molecule has 1 aromatic rings. The quantitative estimate of drug-likeness (QED) is 0.910. The second-order valence-electron chi connectivity index (χ2n) is 7.73. The van der Waals surface area contributed by atoms with Crippen LogP contribution >= 0.6 is 0 Å². The van der Waals surface area contributed by atoms with E-state index in [1.54, 1.807) is 0 Å². The second kappa shape index (κ2) is 5.89. The largest absolute Gasteiger partial charge is 0.337 e. The molecule has 0 unspecified atom stereocenters. The zero-order valence-electron chi connectivity index (χ0n) is 13.9. The predicted molar refractivity (Wildman–Crippen MR) is 84.7 cm³/mol. The van der Waals surface area contributed by atoms with Gasteiger partial charge in [0.2, 0.25) is 0 Å². The van der Waals surface area contributed by atoms with Gasteiger partial charge in [-0.25, -0.2) is 4.79 Å². The summed E-state index contributed by atoms with van der Waals surface area (Å²) in [6, 6.07) is 0.0563. The number of hydrogen-bond acceptors (Lipinski definition) is 3. The number of aryl methyl sites for hydroxylation is 1. The summed E-state index contributed by atoms with van der Waals surface area (Å²) in [5.41, 5.74) is 0.110. The lowest BCUT2D eigenvalue weighted by Gasteiger charge is -2.33. The van der Waals surface area contributed by atoms with Crippen molar-refractivity contribution >= 4 is 6.03 Å². The molecule has 2 aliphatic rings. The first-order chi connectivity index (χ1) is 10.4. The van der Waals surface area contributed by atoms with Gasteiger partial charge < -0.3 is 14.8 Å². The van der Waals surface area contributed by atoms with E-state index in [2.05, 4.69) is 40.9 Å². The van der Waals surface area contributed by atoms with E-state index >= 15 is 0 Å². The summed E-state index contributed by atoms with van der Waals surface area (Å²) in [6.07, 6.45) is 4.34. The maximum atomic E-state index is 12.4. The fourth-order valence-electron chi connectivity index (χ4n) is 3.30. The van der Waals surface area contributed by atoms with Crippen LogP contribution in [0.2, 0.25) is 0 Å². The highest BCUT2D eigenvalue weighted by Crippen LogP contribution is 2.28. The van der Waals surface area contributed by atoms with Gasteiger partial charge in [-0.3, -0.25) is 0 Å². The fourth-order valence-corrected chi connectivity index (χ4v) is 3.30. The Morgan fingerprint density at radius 2 is 2.09 bits per heavy atom. The number of hydrogen-bond donors (Lipinski definition) is 1. The molecule has 1 N–H and O–H groups in total. The van der Waals surface area contributed by atoms with Crippen molar-refractivity contribution in [3.63, 3.8) is 0 Å². The van der Waals surface area contributed by atoms with Crippen molar-refractivity contribution in [1.82, 2.24) is 25.0 Å². The van der Waals surface area contributed by atoms with E-state index in [0.29, 0.717) is 12.5 Å². The minimum absolute atomic E-state index is 0.0563.